The highest BCUT2D eigenvalue weighted by atomic mass is 32.2. The summed E-state index contributed by atoms with van der Waals surface area (Å²) < 4.78 is 5.17. The minimum atomic E-state index is -0.0453. The summed E-state index contributed by atoms with van der Waals surface area (Å²) in [4.78, 5) is 25.4. The molecule has 6 nitrogen and oxygen atoms in total. The van der Waals surface area contributed by atoms with Gasteiger partial charge in [-0.2, -0.15) is 0 Å². The Labute approximate surface area is 174 Å². The fourth-order valence-electron chi connectivity index (χ4n) is 3.35. The Morgan fingerprint density at radius 1 is 1.07 bits per heavy atom. The van der Waals surface area contributed by atoms with Gasteiger partial charge < -0.3 is 15.0 Å². The van der Waals surface area contributed by atoms with Gasteiger partial charge in [-0.3, -0.25) is 4.79 Å². The van der Waals surface area contributed by atoms with Crippen LogP contribution in [0.15, 0.2) is 53.4 Å². The molecule has 1 aliphatic rings. The summed E-state index contributed by atoms with van der Waals surface area (Å²) in [7, 11) is 1.65. The van der Waals surface area contributed by atoms with E-state index in [1.165, 1.54) is 0 Å². The van der Waals surface area contributed by atoms with E-state index in [9.17, 15) is 4.79 Å². The minimum absolute atomic E-state index is 0.0453. The maximum absolute atomic E-state index is 12.6. The maximum atomic E-state index is 12.6. The number of methoxy groups -OCH3 is 1. The van der Waals surface area contributed by atoms with Crippen LogP contribution in [0.25, 0.3) is 11.0 Å². The molecule has 1 amide bonds. The molecule has 1 N–H and O–H groups in total. The van der Waals surface area contributed by atoms with E-state index in [-0.39, 0.29) is 5.91 Å². The summed E-state index contributed by atoms with van der Waals surface area (Å²) in [5.41, 5.74) is 1.64. The van der Waals surface area contributed by atoms with E-state index < -0.39 is 0 Å². The SMILES string of the molecule is COc1ccc(SCCC(=O)Nc2nc3ccccc3nc2N2CCCC2)cc1. The van der Waals surface area contributed by atoms with Gasteiger partial charge >= 0.3 is 0 Å². The first-order chi connectivity index (χ1) is 14.2. The van der Waals surface area contributed by atoms with Crippen LogP contribution in [0.1, 0.15) is 19.3 Å². The quantitative estimate of drug-likeness (QED) is 0.586. The number of fused-ring (bicyclic) bond motifs is 1. The van der Waals surface area contributed by atoms with Crippen molar-refractivity contribution < 1.29 is 9.53 Å². The number of hydrogen-bond donors (Lipinski definition) is 1. The van der Waals surface area contributed by atoms with E-state index in [4.69, 9.17) is 9.72 Å². The molecular weight excluding hydrogens is 384 g/mol. The molecule has 3 aromatic rings. The standard InChI is InChI=1S/C22H24N4O2S/c1-28-16-8-10-17(11-9-16)29-15-12-20(27)25-21-22(26-13-4-5-14-26)24-19-7-3-2-6-18(19)23-21/h2-3,6-11H,4-5,12-15H2,1H3,(H,23,25,27). The Hall–Kier alpha value is -2.80. The Morgan fingerprint density at radius 2 is 1.76 bits per heavy atom. The van der Waals surface area contributed by atoms with Crippen molar-refractivity contribution in [1.29, 1.82) is 0 Å². The summed E-state index contributed by atoms with van der Waals surface area (Å²) in [5.74, 6) is 2.81. The molecule has 0 radical (unpaired) electrons. The first-order valence-corrected chi connectivity index (χ1v) is 10.8. The molecule has 1 saturated heterocycles. The van der Waals surface area contributed by atoms with Crippen molar-refractivity contribution in [1.82, 2.24) is 9.97 Å². The van der Waals surface area contributed by atoms with E-state index in [0.717, 1.165) is 53.4 Å². The second-order valence-corrected chi connectivity index (χ2v) is 8.07. The highest BCUT2D eigenvalue weighted by Gasteiger charge is 2.20. The molecule has 0 aliphatic carbocycles. The molecule has 2 aromatic carbocycles. The zero-order chi connectivity index (χ0) is 20.1. The van der Waals surface area contributed by atoms with Gasteiger partial charge in [0.15, 0.2) is 11.6 Å². The van der Waals surface area contributed by atoms with Crippen molar-refractivity contribution in [2.75, 3.05) is 36.2 Å². The van der Waals surface area contributed by atoms with E-state index in [1.54, 1.807) is 18.9 Å². The van der Waals surface area contributed by atoms with Crippen molar-refractivity contribution in [2.24, 2.45) is 0 Å². The van der Waals surface area contributed by atoms with E-state index in [2.05, 4.69) is 15.2 Å². The van der Waals surface area contributed by atoms with Crippen LogP contribution in [0.3, 0.4) is 0 Å². The highest BCUT2D eigenvalue weighted by Crippen LogP contribution is 2.28. The molecule has 1 aromatic heterocycles. The molecule has 0 unspecified atom stereocenters. The Bertz CT molecular complexity index is 988. The summed E-state index contributed by atoms with van der Waals surface area (Å²) in [6.07, 6.45) is 2.69. The van der Waals surface area contributed by atoms with Crippen LogP contribution in [0, 0.1) is 0 Å². The zero-order valence-corrected chi connectivity index (χ0v) is 17.2. The smallest absolute Gasteiger partial charge is 0.226 e. The second kappa shape index (κ2) is 9.13. The number of benzene rings is 2. The van der Waals surface area contributed by atoms with E-state index >= 15 is 0 Å². The van der Waals surface area contributed by atoms with E-state index in [1.807, 2.05) is 48.5 Å². The highest BCUT2D eigenvalue weighted by molar-refractivity contribution is 7.99. The summed E-state index contributed by atoms with van der Waals surface area (Å²) in [6.45, 7) is 1.90. The minimum Gasteiger partial charge on any atom is -0.497 e. The topological polar surface area (TPSA) is 67.3 Å². The van der Waals surface area contributed by atoms with Gasteiger partial charge in [-0.05, 0) is 49.2 Å². The fraction of sp³-hybridized carbons (Fsp3) is 0.318. The average molecular weight is 409 g/mol. The number of para-hydroxylation sites is 2. The zero-order valence-electron chi connectivity index (χ0n) is 16.4. The van der Waals surface area contributed by atoms with Crippen molar-refractivity contribution in [3.8, 4) is 5.75 Å². The fourth-order valence-corrected chi connectivity index (χ4v) is 4.20. The molecule has 0 saturated carbocycles. The number of aromatic nitrogens is 2. The normalized spacial score (nSPS) is 13.6. The maximum Gasteiger partial charge on any atom is 0.226 e. The lowest BCUT2D eigenvalue weighted by molar-refractivity contribution is -0.115. The Balaban J connectivity index is 1.43. The van der Waals surface area contributed by atoms with Gasteiger partial charge in [0.05, 0.1) is 18.1 Å². The third-order valence-corrected chi connectivity index (χ3v) is 5.89. The number of rotatable bonds is 7. The third-order valence-electron chi connectivity index (χ3n) is 4.87. The molecule has 2 heterocycles. The predicted octanol–water partition coefficient (Wildman–Crippen LogP) is 4.36. The Morgan fingerprint density at radius 3 is 2.45 bits per heavy atom. The van der Waals surface area contributed by atoms with Crippen molar-refractivity contribution in [2.45, 2.75) is 24.2 Å². The van der Waals surface area contributed by atoms with Gasteiger partial charge in [0, 0.05) is 30.2 Å². The van der Waals surface area contributed by atoms with Crippen LogP contribution >= 0.6 is 11.8 Å². The van der Waals surface area contributed by atoms with Crippen molar-refractivity contribution >= 4 is 40.3 Å². The number of anilines is 2. The van der Waals surface area contributed by atoms with Crippen LogP contribution in [0.2, 0.25) is 0 Å². The molecule has 1 fully saturated rings. The number of hydrogen-bond acceptors (Lipinski definition) is 6. The largest absolute Gasteiger partial charge is 0.497 e. The van der Waals surface area contributed by atoms with Crippen molar-refractivity contribution in [3.63, 3.8) is 0 Å². The van der Waals surface area contributed by atoms with Gasteiger partial charge in [0.2, 0.25) is 5.91 Å². The van der Waals surface area contributed by atoms with Crippen LogP contribution in [0.5, 0.6) is 5.75 Å². The molecule has 150 valence electrons. The molecule has 7 heteroatoms. The number of nitrogens with zero attached hydrogens (tertiary/aromatic N) is 3. The van der Waals surface area contributed by atoms with Crippen LogP contribution in [-0.2, 0) is 4.79 Å². The average Bonchev–Trinajstić information content (AvgIpc) is 3.28. The lowest BCUT2D eigenvalue weighted by Crippen LogP contribution is -2.23. The van der Waals surface area contributed by atoms with Crippen LogP contribution in [0.4, 0.5) is 11.6 Å². The predicted molar refractivity (Wildman–Crippen MR) is 118 cm³/mol. The number of carbonyl (C=O) groups excluding carboxylic acids is 1. The summed E-state index contributed by atoms with van der Waals surface area (Å²) >= 11 is 1.65. The molecule has 29 heavy (non-hydrogen) atoms. The van der Waals surface area contributed by atoms with Gasteiger partial charge in [-0.25, -0.2) is 9.97 Å². The summed E-state index contributed by atoms with van der Waals surface area (Å²) in [5, 5.41) is 3.00. The molecule has 0 atom stereocenters. The monoisotopic (exact) mass is 408 g/mol. The van der Waals surface area contributed by atoms with Gasteiger partial charge in [0.1, 0.15) is 5.75 Å². The molecule has 0 spiro atoms. The van der Waals surface area contributed by atoms with Gasteiger partial charge in [-0.15, -0.1) is 11.8 Å². The molecular formula is C22H24N4O2S. The lowest BCUT2D eigenvalue weighted by atomic mass is 10.3. The lowest BCUT2D eigenvalue weighted by Gasteiger charge is -2.20. The van der Waals surface area contributed by atoms with Crippen molar-refractivity contribution in [3.05, 3.63) is 48.5 Å². The number of ether oxygens (including phenoxy) is 1. The second-order valence-electron chi connectivity index (χ2n) is 6.90. The number of carbonyl (C=O) groups is 1. The molecule has 1 aliphatic heterocycles. The molecule has 0 bridgehead atoms. The van der Waals surface area contributed by atoms with Gasteiger partial charge in [0.25, 0.3) is 0 Å². The number of thioether (sulfide) groups is 1. The number of nitrogens with one attached hydrogen (secondary N) is 1. The number of amides is 1. The third kappa shape index (κ3) is 4.79. The Kier molecular flexibility index (Phi) is 6.14. The van der Waals surface area contributed by atoms with E-state index in [0.29, 0.717) is 18.0 Å². The molecule has 4 rings (SSSR count). The summed E-state index contributed by atoms with van der Waals surface area (Å²) in [6, 6.07) is 15.6. The first-order valence-electron chi connectivity index (χ1n) is 9.81. The van der Waals surface area contributed by atoms with Crippen LogP contribution in [-0.4, -0.2) is 41.8 Å². The van der Waals surface area contributed by atoms with Gasteiger partial charge in [-0.1, -0.05) is 12.1 Å². The van der Waals surface area contributed by atoms with Crippen LogP contribution < -0.4 is 15.0 Å². The first kappa shape index (κ1) is 19.5.